The number of hydrogen-bond donors (Lipinski definition) is 2. The standard InChI is InChI=1S/C17H11N3/c1-3-7-13-10(5-1)12-9-18-15-11-6-2-4-8-14(11)20-17(15)16(12)19-13/h1-9,19-20H. The molecule has 94 valence electrons. The van der Waals surface area contributed by atoms with Crippen LogP contribution >= 0.6 is 0 Å². The van der Waals surface area contributed by atoms with Gasteiger partial charge in [0.05, 0.1) is 16.6 Å². The minimum atomic E-state index is 1.03. The Morgan fingerprint density at radius 1 is 0.650 bits per heavy atom. The number of hydrogen-bond acceptors (Lipinski definition) is 1. The molecule has 0 unspecified atom stereocenters. The lowest BCUT2D eigenvalue weighted by atomic mass is 10.2. The molecule has 3 heterocycles. The Hall–Kier alpha value is -2.81. The van der Waals surface area contributed by atoms with Crippen molar-refractivity contribution in [2.75, 3.05) is 0 Å². The fourth-order valence-electron chi connectivity index (χ4n) is 3.07. The molecular formula is C17H11N3. The van der Waals surface area contributed by atoms with Gasteiger partial charge in [-0.1, -0.05) is 36.4 Å². The Labute approximate surface area is 114 Å². The van der Waals surface area contributed by atoms with Crippen molar-refractivity contribution in [2.45, 2.75) is 0 Å². The number of aromatic amines is 2. The van der Waals surface area contributed by atoms with Gasteiger partial charge in [0.15, 0.2) is 0 Å². The van der Waals surface area contributed by atoms with Crippen molar-refractivity contribution >= 4 is 43.7 Å². The Bertz CT molecular complexity index is 1010. The zero-order valence-electron chi connectivity index (χ0n) is 10.6. The van der Waals surface area contributed by atoms with Gasteiger partial charge in [0, 0.05) is 33.4 Å². The van der Waals surface area contributed by atoms with Gasteiger partial charge >= 0.3 is 0 Å². The monoisotopic (exact) mass is 257 g/mol. The average molecular weight is 257 g/mol. The molecule has 0 fully saturated rings. The zero-order chi connectivity index (χ0) is 13.1. The predicted octanol–water partition coefficient (Wildman–Crippen LogP) is 4.35. The minimum absolute atomic E-state index is 1.03. The highest BCUT2D eigenvalue weighted by Crippen LogP contribution is 2.32. The molecule has 2 aromatic carbocycles. The zero-order valence-corrected chi connectivity index (χ0v) is 10.6. The molecule has 0 aliphatic carbocycles. The van der Waals surface area contributed by atoms with Crippen molar-refractivity contribution in [2.24, 2.45) is 0 Å². The SMILES string of the molecule is c1ccc2c(c1)[nH]c1c2cnc2c3ccccc3[nH]c21. The van der Waals surface area contributed by atoms with E-state index >= 15 is 0 Å². The van der Waals surface area contributed by atoms with Crippen LogP contribution in [0.25, 0.3) is 43.7 Å². The van der Waals surface area contributed by atoms with Gasteiger partial charge in [0.1, 0.15) is 0 Å². The molecule has 3 aromatic heterocycles. The van der Waals surface area contributed by atoms with Gasteiger partial charge in [-0.25, -0.2) is 0 Å². The van der Waals surface area contributed by atoms with Crippen LogP contribution in [0.2, 0.25) is 0 Å². The van der Waals surface area contributed by atoms with Gasteiger partial charge < -0.3 is 9.97 Å². The maximum atomic E-state index is 4.67. The van der Waals surface area contributed by atoms with E-state index in [9.17, 15) is 0 Å². The van der Waals surface area contributed by atoms with Crippen molar-refractivity contribution in [3.8, 4) is 0 Å². The Balaban J connectivity index is 2.10. The summed E-state index contributed by atoms with van der Waals surface area (Å²) in [6, 6.07) is 16.6. The van der Waals surface area contributed by atoms with E-state index in [2.05, 4.69) is 45.3 Å². The van der Waals surface area contributed by atoms with Crippen LogP contribution in [0.4, 0.5) is 0 Å². The first-order valence-electron chi connectivity index (χ1n) is 6.68. The van der Waals surface area contributed by atoms with Gasteiger partial charge in [-0.2, -0.15) is 0 Å². The molecule has 0 saturated carbocycles. The van der Waals surface area contributed by atoms with Crippen LogP contribution in [0.3, 0.4) is 0 Å². The van der Waals surface area contributed by atoms with E-state index in [0.29, 0.717) is 0 Å². The number of nitrogens with zero attached hydrogens (tertiary/aromatic N) is 1. The molecule has 0 atom stereocenters. The van der Waals surface area contributed by atoms with Crippen LogP contribution < -0.4 is 0 Å². The first-order chi connectivity index (χ1) is 9.92. The normalized spacial score (nSPS) is 12.0. The summed E-state index contributed by atoms with van der Waals surface area (Å²) >= 11 is 0. The van der Waals surface area contributed by atoms with E-state index < -0.39 is 0 Å². The van der Waals surface area contributed by atoms with E-state index in [-0.39, 0.29) is 0 Å². The second-order valence-corrected chi connectivity index (χ2v) is 5.11. The predicted molar refractivity (Wildman–Crippen MR) is 83.0 cm³/mol. The van der Waals surface area contributed by atoms with Crippen molar-refractivity contribution in [3.05, 3.63) is 54.7 Å². The highest BCUT2D eigenvalue weighted by molar-refractivity contribution is 6.19. The van der Waals surface area contributed by atoms with Crippen molar-refractivity contribution in [1.82, 2.24) is 15.0 Å². The molecule has 0 radical (unpaired) electrons. The summed E-state index contributed by atoms with van der Waals surface area (Å²) in [6.07, 6.45) is 1.97. The first-order valence-corrected chi connectivity index (χ1v) is 6.68. The summed E-state index contributed by atoms with van der Waals surface area (Å²) < 4.78 is 0. The highest BCUT2D eigenvalue weighted by Gasteiger charge is 2.11. The number of aromatic nitrogens is 3. The number of nitrogens with one attached hydrogen (secondary N) is 2. The molecule has 0 amide bonds. The first kappa shape index (κ1) is 10.0. The van der Waals surface area contributed by atoms with E-state index in [0.717, 1.165) is 27.6 Å². The second kappa shape index (κ2) is 3.39. The summed E-state index contributed by atoms with van der Waals surface area (Å²) in [5.41, 5.74) is 5.52. The lowest BCUT2D eigenvalue weighted by molar-refractivity contribution is 1.44. The van der Waals surface area contributed by atoms with Crippen LogP contribution in [0, 0.1) is 0 Å². The molecule has 20 heavy (non-hydrogen) atoms. The number of rotatable bonds is 0. The van der Waals surface area contributed by atoms with Gasteiger partial charge in [-0.3, -0.25) is 4.98 Å². The largest absolute Gasteiger partial charge is 0.353 e. The highest BCUT2D eigenvalue weighted by atomic mass is 14.8. The van der Waals surface area contributed by atoms with Crippen LogP contribution in [-0.4, -0.2) is 15.0 Å². The molecular weight excluding hydrogens is 246 g/mol. The molecule has 0 saturated heterocycles. The summed E-state index contributed by atoms with van der Waals surface area (Å²) in [6.45, 7) is 0. The minimum Gasteiger partial charge on any atom is -0.353 e. The summed E-state index contributed by atoms with van der Waals surface area (Å²) in [5, 5.41) is 3.55. The lowest BCUT2D eigenvalue weighted by Gasteiger charge is -1.93. The molecule has 3 heteroatoms. The van der Waals surface area contributed by atoms with Gasteiger partial charge in [-0.15, -0.1) is 0 Å². The van der Waals surface area contributed by atoms with Gasteiger partial charge in [0.25, 0.3) is 0 Å². The van der Waals surface area contributed by atoms with Crippen molar-refractivity contribution < 1.29 is 0 Å². The Kier molecular flexibility index (Phi) is 1.70. The lowest BCUT2D eigenvalue weighted by Crippen LogP contribution is -1.77. The third-order valence-corrected chi connectivity index (χ3v) is 4.00. The number of fused-ring (bicyclic) bond motifs is 7. The Morgan fingerprint density at radius 3 is 2.15 bits per heavy atom. The number of benzene rings is 2. The molecule has 2 N–H and O–H groups in total. The van der Waals surface area contributed by atoms with Crippen molar-refractivity contribution in [3.63, 3.8) is 0 Å². The molecule has 0 bridgehead atoms. The second-order valence-electron chi connectivity index (χ2n) is 5.11. The summed E-state index contributed by atoms with van der Waals surface area (Å²) in [5.74, 6) is 0. The molecule has 5 rings (SSSR count). The molecule has 0 spiro atoms. The molecule has 5 aromatic rings. The third-order valence-electron chi connectivity index (χ3n) is 4.00. The molecule has 0 aliphatic heterocycles. The van der Waals surface area contributed by atoms with E-state index in [4.69, 9.17) is 0 Å². The van der Waals surface area contributed by atoms with E-state index in [1.165, 1.54) is 16.2 Å². The van der Waals surface area contributed by atoms with Gasteiger partial charge in [-0.05, 0) is 12.1 Å². The number of para-hydroxylation sites is 2. The summed E-state index contributed by atoms with van der Waals surface area (Å²) in [4.78, 5) is 11.7. The third kappa shape index (κ3) is 1.12. The number of pyridine rings is 1. The quantitative estimate of drug-likeness (QED) is 0.425. The topological polar surface area (TPSA) is 44.5 Å². The molecule has 0 aliphatic rings. The maximum absolute atomic E-state index is 4.67. The fourth-order valence-corrected chi connectivity index (χ4v) is 3.07. The van der Waals surface area contributed by atoms with Crippen molar-refractivity contribution in [1.29, 1.82) is 0 Å². The number of H-pyrrole nitrogens is 2. The Morgan fingerprint density at radius 2 is 1.30 bits per heavy atom. The van der Waals surface area contributed by atoms with Crippen LogP contribution in [-0.2, 0) is 0 Å². The molecule has 3 nitrogen and oxygen atoms in total. The van der Waals surface area contributed by atoms with Crippen LogP contribution in [0.1, 0.15) is 0 Å². The smallest absolute Gasteiger partial charge is 0.0979 e. The summed E-state index contributed by atoms with van der Waals surface area (Å²) in [7, 11) is 0. The van der Waals surface area contributed by atoms with Crippen LogP contribution in [0.15, 0.2) is 54.7 Å². The fraction of sp³-hybridized carbons (Fsp3) is 0. The van der Waals surface area contributed by atoms with Crippen LogP contribution in [0.5, 0.6) is 0 Å². The van der Waals surface area contributed by atoms with E-state index in [1.54, 1.807) is 0 Å². The maximum Gasteiger partial charge on any atom is 0.0979 e. The average Bonchev–Trinajstić information content (AvgIpc) is 3.05. The van der Waals surface area contributed by atoms with Gasteiger partial charge in [0.2, 0.25) is 0 Å². The van der Waals surface area contributed by atoms with E-state index in [1.807, 2.05) is 24.4 Å².